The maximum atomic E-state index is 11.8. The first-order valence-electron chi connectivity index (χ1n) is 7.50. The van der Waals surface area contributed by atoms with Gasteiger partial charge in [-0.1, -0.05) is 25.1 Å². The Bertz CT molecular complexity index is 700. The minimum atomic E-state index is -0.304. The van der Waals surface area contributed by atoms with Gasteiger partial charge < -0.3 is 4.74 Å². The van der Waals surface area contributed by atoms with Crippen molar-refractivity contribution < 1.29 is 9.53 Å². The fourth-order valence-corrected chi connectivity index (χ4v) is 2.96. The van der Waals surface area contributed by atoms with E-state index in [1.807, 2.05) is 18.2 Å². The lowest BCUT2D eigenvalue weighted by Crippen LogP contribution is -2.11. The van der Waals surface area contributed by atoms with Gasteiger partial charge in [-0.15, -0.1) is 0 Å². The van der Waals surface area contributed by atoms with Crippen LogP contribution < -0.4 is 0 Å². The highest BCUT2D eigenvalue weighted by Crippen LogP contribution is 2.29. The second-order valence-corrected chi connectivity index (χ2v) is 5.39. The van der Waals surface area contributed by atoms with Crippen LogP contribution in [0.4, 0.5) is 0 Å². The highest BCUT2D eigenvalue weighted by atomic mass is 16.5. The Hall–Kier alpha value is -2.10. The summed E-state index contributed by atoms with van der Waals surface area (Å²) in [4.78, 5) is 11.8. The van der Waals surface area contributed by atoms with Crippen molar-refractivity contribution in [2.24, 2.45) is 0 Å². The predicted molar refractivity (Wildman–Crippen MR) is 82.5 cm³/mol. The quantitative estimate of drug-likeness (QED) is 0.638. The molecule has 0 radical (unpaired) electrons. The maximum absolute atomic E-state index is 11.8. The second kappa shape index (κ2) is 5.72. The van der Waals surface area contributed by atoms with Crippen LogP contribution >= 0.6 is 0 Å². The largest absolute Gasteiger partial charge is 0.465 e. The molecule has 0 bridgehead atoms. The monoisotopic (exact) mass is 284 g/mol. The van der Waals surface area contributed by atoms with E-state index in [-0.39, 0.29) is 12.0 Å². The molecule has 0 N–H and O–H groups in total. The summed E-state index contributed by atoms with van der Waals surface area (Å²) in [5.74, 6) is -0.304. The highest BCUT2D eigenvalue weighted by molar-refractivity contribution is 5.95. The molecule has 0 saturated heterocycles. The average molecular weight is 284 g/mol. The number of fused-ring (bicyclic) bond motifs is 1. The standard InChI is InChI=1S/C17H20N2O2/c1-3-15-14-10-9-12(17(20)21-2)11-16(14)19(18-15)13-7-5-4-6-8-13/h5,7,9-11,13H,3-4,6,8H2,1-2H3. The van der Waals surface area contributed by atoms with Crippen molar-refractivity contribution in [3.8, 4) is 0 Å². The van der Waals surface area contributed by atoms with Crippen LogP contribution in [0.15, 0.2) is 30.4 Å². The first-order chi connectivity index (χ1) is 10.2. The number of ether oxygens (including phenoxy) is 1. The molecule has 1 aliphatic carbocycles. The van der Waals surface area contributed by atoms with Crippen LogP contribution in [-0.4, -0.2) is 22.9 Å². The number of hydrogen-bond donors (Lipinski definition) is 0. The average Bonchev–Trinajstić information content (AvgIpc) is 2.92. The summed E-state index contributed by atoms with van der Waals surface area (Å²) < 4.78 is 6.89. The summed E-state index contributed by atoms with van der Waals surface area (Å²) in [7, 11) is 1.41. The van der Waals surface area contributed by atoms with E-state index in [0.717, 1.165) is 35.9 Å². The minimum absolute atomic E-state index is 0.287. The fraction of sp³-hybridized carbons (Fsp3) is 0.412. The van der Waals surface area contributed by atoms with E-state index in [1.54, 1.807) is 0 Å². The molecule has 1 aromatic heterocycles. The molecule has 1 aromatic carbocycles. The van der Waals surface area contributed by atoms with Gasteiger partial charge in [0.2, 0.25) is 0 Å². The number of carbonyl (C=O) groups is 1. The van der Waals surface area contributed by atoms with Crippen LogP contribution in [0.2, 0.25) is 0 Å². The minimum Gasteiger partial charge on any atom is -0.465 e. The van der Waals surface area contributed by atoms with E-state index >= 15 is 0 Å². The van der Waals surface area contributed by atoms with Crippen molar-refractivity contribution in [2.75, 3.05) is 7.11 Å². The van der Waals surface area contributed by atoms with Crippen molar-refractivity contribution in [3.63, 3.8) is 0 Å². The van der Waals surface area contributed by atoms with Crippen LogP contribution in [0, 0.1) is 0 Å². The van der Waals surface area contributed by atoms with E-state index in [0.29, 0.717) is 5.56 Å². The van der Waals surface area contributed by atoms with Crippen molar-refractivity contribution in [2.45, 2.75) is 38.6 Å². The lowest BCUT2D eigenvalue weighted by Gasteiger charge is -2.18. The maximum Gasteiger partial charge on any atom is 0.337 e. The molecule has 0 amide bonds. The third-order valence-electron chi connectivity index (χ3n) is 4.08. The zero-order valence-electron chi connectivity index (χ0n) is 12.5. The van der Waals surface area contributed by atoms with Gasteiger partial charge in [-0.3, -0.25) is 4.68 Å². The van der Waals surface area contributed by atoms with Gasteiger partial charge in [-0.2, -0.15) is 5.10 Å². The SMILES string of the molecule is CCc1nn(C2C=CCCC2)c2cc(C(=O)OC)ccc12. The van der Waals surface area contributed by atoms with Crippen molar-refractivity contribution in [3.05, 3.63) is 41.6 Å². The number of aromatic nitrogens is 2. The molecular weight excluding hydrogens is 264 g/mol. The fourth-order valence-electron chi connectivity index (χ4n) is 2.96. The molecule has 1 heterocycles. The Balaban J connectivity index is 2.15. The number of hydrogen-bond acceptors (Lipinski definition) is 3. The summed E-state index contributed by atoms with van der Waals surface area (Å²) >= 11 is 0. The summed E-state index contributed by atoms with van der Waals surface area (Å²) in [6.45, 7) is 2.11. The van der Waals surface area contributed by atoms with Gasteiger partial charge in [-0.05, 0) is 37.8 Å². The Morgan fingerprint density at radius 1 is 1.48 bits per heavy atom. The van der Waals surface area contributed by atoms with Crippen LogP contribution in [-0.2, 0) is 11.2 Å². The molecule has 110 valence electrons. The molecule has 1 unspecified atom stereocenters. The molecule has 1 aliphatic rings. The molecule has 1 atom stereocenters. The van der Waals surface area contributed by atoms with Gasteiger partial charge >= 0.3 is 5.97 Å². The first kappa shape index (κ1) is 13.9. The van der Waals surface area contributed by atoms with E-state index in [1.165, 1.54) is 13.5 Å². The number of allylic oxidation sites excluding steroid dienone is 2. The van der Waals surface area contributed by atoms with E-state index in [9.17, 15) is 4.79 Å². The molecule has 4 nitrogen and oxygen atoms in total. The van der Waals surface area contributed by atoms with Gasteiger partial charge in [-0.25, -0.2) is 4.79 Å². The Labute approximate surface area is 124 Å². The van der Waals surface area contributed by atoms with Crippen molar-refractivity contribution in [1.82, 2.24) is 9.78 Å². The highest BCUT2D eigenvalue weighted by Gasteiger charge is 2.18. The van der Waals surface area contributed by atoms with Crippen LogP contribution in [0.5, 0.6) is 0 Å². The number of esters is 1. The van der Waals surface area contributed by atoms with Gasteiger partial charge in [0.25, 0.3) is 0 Å². The molecule has 0 spiro atoms. The summed E-state index contributed by atoms with van der Waals surface area (Å²) in [6, 6.07) is 5.98. The summed E-state index contributed by atoms with van der Waals surface area (Å²) in [5, 5.41) is 5.90. The van der Waals surface area contributed by atoms with Crippen LogP contribution in [0.1, 0.15) is 48.3 Å². The summed E-state index contributed by atoms with van der Waals surface area (Å²) in [5.41, 5.74) is 2.68. The molecule has 2 aromatic rings. The van der Waals surface area contributed by atoms with Gasteiger partial charge in [0.15, 0.2) is 0 Å². The molecule has 0 aliphatic heterocycles. The smallest absolute Gasteiger partial charge is 0.337 e. The number of nitrogens with zero attached hydrogens (tertiary/aromatic N) is 2. The Morgan fingerprint density at radius 2 is 2.33 bits per heavy atom. The zero-order valence-corrected chi connectivity index (χ0v) is 12.5. The van der Waals surface area contributed by atoms with E-state index < -0.39 is 0 Å². The topological polar surface area (TPSA) is 44.1 Å². The molecular formula is C17H20N2O2. The lowest BCUT2D eigenvalue weighted by molar-refractivity contribution is 0.0601. The Morgan fingerprint density at radius 3 is 3.00 bits per heavy atom. The summed E-state index contributed by atoms with van der Waals surface area (Å²) in [6.07, 6.45) is 8.75. The predicted octanol–water partition coefficient (Wildman–Crippen LogP) is 3.67. The first-order valence-corrected chi connectivity index (χ1v) is 7.50. The number of benzene rings is 1. The molecule has 0 saturated carbocycles. The number of rotatable bonds is 3. The van der Waals surface area contributed by atoms with Gasteiger partial charge in [0.05, 0.1) is 29.9 Å². The molecule has 21 heavy (non-hydrogen) atoms. The van der Waals surface area contributed by atoms with Gasteiger partial charge in [0, 0.05) is 5.39 Å². The molecule has 3 rings (SSSR count). The van der Waals surface area contributed by atoms with E-state index in [4.69, 9.17) is 9.84 Å². The molecule has 4 heteroatoms. The zero-order chi connectivity index (χ0) is 14.8. The van der Waals surface area contributed by atoms with Crippen LogP contribution in [0.3, 0.4) is 0 Å². The third-order valence-corrected chi connectivity index (χ3v) is 4.08. The Kier molecular flexibility index (Phi) is 3.78. The number of methoxy groups -OCH3 is 1. The number of carbonyl (C=O) groups excluding carboxylic acids is 1. The molecule has 0 fully saturated rings. The number of aryl methyl sites for hydroxylation is 1. The second-order valence-electron chi connectivity index (χ2n) is 5.39. The lowest BCUT2D eigenvalue weighted by atomic mass is 10.0. The van der Waals surface area contributed by atoms with Gasteiger partial charge in [0.1, 0.15) is 0 Å². The van der Waals surface area contributed by atoms with Crippen LogP contribution in [0.25, 0.3) is 10.9 Å². The van der Waals surface area contributed by atoms with Crippen molar-refractivity contribution >= 4 is 16.9 Å². The van der Waals surface area contributed by atoms with E-state index in [2.05, 4.69) is 23.8 Å². The normalized spacial score (nSPS) is 18.1. The third kappa shape index (κ3) is 2.46. The van der Waals surface area contributed by atoms with Crippen molar-refractivity contribution in [1.29, 1.82) is 0 Å².